The molecule has 3 rings (SSSR count). The van der Waals surface area contributed by atoms with E-state index in [0.29, 0.717) is 17.9 Å². The molecule has 1 saturated heterocycles. The third-order valence-corrected chi connectivity index (χ3v) is 5.08. The number of nitriles is 1. The van der Waals surface area contributed by atoms with Gasteiger partial charge >= 0.3 is 0 Å². The van der Waals surface area contributed by atoms with Crippen LogP contribution < -0.4 is 4.74 Å². The van der Waals surface area contributed by atoms with E-state index in [1.54, 1.807) is 36.4 Å². The van der Waals surface area contributed by atoms with Crippen molar-refractivity contribution in [2.75, 3.05) is 19.7 Å². The van der Waals surface area contributed by atoms with E-state index in [4.69, 9.17) is 10.00 Å². The second kappa shape index (κ2) is 8.85. The summed E-state index contributed by atoms with van der Waals surface area (Å²) in [6.07, 6.45) is 0. The van der Waals surface area contributed by atoms with Crippen LogP contribution in [0, 0.1) is 17.1 Å². The number of piperazine rings is 1. The molecule has 1 fully saturated rings. The van der Waals surface area contributed by atoms with E-state index in [9.17, 15) is 9.18 Å². The van der Waals surface area contributed by atoms with Crippen LogP contribution in [0.5, 0.6) is 5.75 Å². The highest BCUT2D eigenvalue weighted by molar-refractivity contribution is 5.78. The molecule has 0 spiro atoms. The summed E-state index contributed by atoms with van der Waals surface area (Å²) in [5.41, 5.74) is 1.61. The summed E-state index contributed by atoms with van der Waals surface area (Å²) in [4.78, 5) is 16.8. The van der Waals surface area contributed by atoms with Gasteiger partial charge in [-0.1, -0.05) is 12.1 Å². The van der Waals surface area contributed by atoms with E-state index in [2.05, 4.69) is 17.9 Å². The van der Waals surface area contributed by atoms with Crippen molar-refractivity contribution >= 4 is 5.91 Å². The van der Waals surface area contributed by atoms with Crippen LogP contribution in [0.15, 0.2) is 48.5 Å². The lowest BCUT2D eigenvalue weighted by Crippen LogP contribution is -2.58. The number of hydrogen-bond donors (Lipinski definition) is 0. The van der Waals surface area contributed by atoms with Gasteiger partial charge in [-0.15, -0.1) is 0 Å². The van der Waals surface area contributed by atoms with Crippen molar-refractivity contribution in [3.05, 3.63) is 65.5 Å². The molecule has 2 atom stereocenters. The van der Waals surface area contributed by atoms with Crippen LogP contribution >= 0.6 is 0 Å². The number of rotatable bonds is 5. The second-order valence-corrected chi connectivity index (χ2v) is 7.22. The third kappa shape index (κ3) is 4.87. The molecule has 1 amide bonds. The molecule has 0 saturated carbocycles. The Morgan fingerprint density at radius 3 is 2.43 bits per heavy atom. The molecule has 1 heterocycles. The van der Waals surface area contributed by atoms with Gasteiger partial charge in [0.05, 0.1) is 11.6 Å². The van der Waals surface area contributed by atoms with Gasteiger partial charge in [-0.05, 0) is 55.8 Å². The minimum absolute atomic E-state index is 0.0269. The largest absolute Gasteiger partial charge is 0.484 e. The van der Waals surface area contributed by atoms with Gasteiger partial charge in [0.15, 0.2) is 6.61 Å². The minimum Gasteiger partial charge on any atom is -0.484 e. The molecule has 1 aliphatic heterocycles. The van der Waals surface area contributed by atoms with E-state index in [1.165, 1.54) is 12.1 Å². The number of benzene rings is 2. The first-order chi connectivity index (χ1) is 13.5. The van der Waals surface area contributed by atoms with Crippen molar-refractivity contribution in [1.82, 2.24) is 9.80 Å². The number of nitrogens with zero attached hydrogens (tertiary/aromatic N) is 3. The highest BCUT2D eigenvalue weighted by atomic mass is 19.1. The van der Waals surface area contributed by atoms with Crippen molar-refractivity contribution in [3.63, 3.8) is 0 Å². The van der Waals surface area contributed by atoms with Gasteiger partial charge in [-0.2, -0.15) is 5.26 Å². The van der Waals surface area contributed by atoms with E-state index in [1.807, 2.05) is 11.8 Å². The summed E-state index contributed by atoms with van der Waals surface area (Å²) in [6.45, 7) is 6.20. The van der Waals surface area contributed by atoms with Crippen LogP contribution in [0.25, 0.3) is 0 Å². The van der Waals surface area contributed by atoms with Crippen molar-refractivity contribution in [3.8, 4) is 11.8 Å². The van der Waals surface area contributed by atoms with Gasteiger partial charge in [0.1, 0.15) is 11.6 Å². The zero-order chi connectivity index (χ0) is 20.1. The smallest absolute Gasteiger partial charge is 0.260 e. The van der Waals surface area contributed by atoms with E-state index >= 15 is 0 Å². The van der Waals surface area contributed by atoms with Crippen LogP contribution in [0.4, 0.5) is 4.39 Å². The fourth-order valence-electron chi connectivity index (χ4n) is 3.44. The molecule has 0 bridgehead atoms. The monoisotopic (exact) mass is 381 g/mol. The molecule has 2 aromatic carbocycles. The maximum atomic E-state index is 13.1. The Labute approximate surface area is 164 Å². The van der Waals surface area contributed by atoms with E-state index in [-0.39, 0.29) is 30.4 Å². The van der Waals surface area contributed by atoms with Gasteiger partial charge in [0, 0.05) is 31.7 Å². The summed E-state index contributed by atoms with van der Waals surface area (Å²) in [6, 6.07) is 15.6. The molecule has 2 unspecified atom stereocenters. The number of halogens is 1. The first-order valence-corrected chi connectivity index (χ1v) is 9.37. The van der Waals surface area contributed by atoms with Crippen LogP contribution in [-0.4, -0.2) is 47.5 Å². The topological polar surface area (TPSA) is 56.6 Å². The maximum Gasteiger partial charge on any atom is 0.260 e. The summed E-state index contributed by atoms with van der Waals surface area (Å²) in [5, 5.41) is 8.83. The Hall–Kier alpha value is -2.91. The molecular formula is C22H24FN3O2. The maximum absolute atomic E-state index is 13.1. The first-order valence-electron chi connectivity index (χ1n) is 9.37. The van der Waals surface area contributed by atoms with Gasteiger partial charge in [-0.3, -0.25) is 9.69 Å². The summed E-state index contributed by atoms with van der Waals surface area (Å²) >= 11 is 0. The average Bonchev–Trinajstić information content (AvgIpc) is 2.70. The fraction of sp³-hybridized carbons (Fsp3) is 0.364. The Balaban J connectivity index is 1.54. The Bertz CT molecular complexity index is 846. The molecule has 1 aliphatic rings. The fourth-order valence-corrected chi connectivity index (χ4v) is 3.44. The molecule has 0 aromatic heterocycles. The number of carbonyl (C=O) groups is 1. The lowest BCUT2D eigenvalue weighted by atomic mass is 10.1. The molecule has 6 heteroatoms. The number of carbonyl (C=O) groups excluding carboxylic acids is 1. The highest BCUT2D eigenvalue weighted by Crippen LogP contribution is 2.19. The van der Waals surface area contributed by atoms with Crippen molar-refractivity contribution in [2.24, 2.45) is 0 Å². The second-order valence-electron chi connectivity index (χ2n) is 7.22. The molecule has 146 valence electrons. The predicted octanol–water partition coefficient (Wildman–Crippen LogP) is 3.20. The zero-order valence-electron chi connectivity index (χ0n) is 16.1. The van der Waals surface area contributed by atoms with Crippen molar-refractivity contribution < 1.29 is 13.9 Å². The van der Waals surface area contributed by atoms with E-state index < -0.39 is 0 Å². The third-order valence-electron chi connectivity index (χ3n) is 5.08. The molecular weight excluding hydrogens is 357 g/mol. The summed E-state index contributed by atoms with van der Waals surface area (Å²) < 4.78 is 18.7. The van der Waals surface area contributed by atoms with Crippen LogP contribution in [-0.2, 0) is 11.3 Å². The SMILES string of the molecule is CC1CN(C(=O)COc2ccc(C#N)cc2)C(C)CN1Cc1ccc(F)cc1. The van der Waals surface area contributed by atoms with Gasteiger partial charge in [0.2, 0.25) is 0 Å². The molecule has 0 N–H and O–H groups in total. The first kappa shape index (κ1) is 19.8. The van der Waals surface area contributed by atoms with Crippen molar-refractivity contribution in [1.29, 1.82) is 5.26 Å². The number of amides is 1. The predicted molar refractivity (Wildman–Crippen MR) is 104 cm³/mol. The number of hydrogen-bond acceptors (Lipinski definition) is 4. The lowest BCUT2D eigenvalue weighted by Gasteiger charge is -2.44. The Kier molecular flexibility index (Phi) is 6.27. The molecule has 5 nitrogen and oxygen atoms in total. The molecule has 2 aromatic rings. The Morgan fingerprint density at radius 2 is 1.79 bits per heavy atom. The average molecular weight is 381 g/mol. The quantitative estimate of drug-likeness (QED) is 0.798. The lowest BCUT2D eigenvalue weighted by molar-refractivity contribution is -0.139. The summed E-state index contributed by atoms with van der Waals surface area (Å²) in [5.74, 6) is 0.288. The highest BCUT2D eigenvalue weighted by Gasteiger charge is 2.32. The van der Waals surface area contributed by atoms with Gasteiger partial charge in [-0.25, -0.2) is 4.39 Å². The minimum atomic E-state index is -0.233. The van der Waals surface area contributed by atoms with Crippen molar-refractivity contribution in [2.45, 2.75) is 32.5 Å². The number of ether oxygens (including phenoxy) is 1. The molecule has 0 aliphatic carbocycles. The molecule has 0 radical (unpaired) electrons. The van der Waals surface area contributed by atoms with Gasteiger partial charge in [0.25, 0.3) is 5.91 Å². The van der Waals surface area contributed by atoms with Crippen LogP contribution in [0.2, 0.25) is 0 Å². The molecule has 28 heavy (non-hydrogen) atoms. The normalized spacial score (nSPS) is 19.9. The summed E-state index contributed by atoms with van der Waals surface area (Å²) in [7, 11) is 0. The van der Waals surface area contributed by atoms with Crippen LogP contribution in [0.3, 0.4) is 0 Å². The van der Waals surface area contributed by atoms with E-state index in [0.717, 1.165) is 18.7 Å². The van der Waals surface area contributed by atoms with Gasteiger partial charge < -0.3 is 9.64 Å². The Morgan fingerprint density at radius 1 is 1.11 bits per heavy atom. The standard InChI is InChI=1S/C22H24FN3O2/c1-16-13-26(22(27)15-28-21-9-5-18(11-24)6-10-21)17(2)12-25(16)14-19-3-7-20(23)8-4-19/h3-10,16-17H,12-15H2,1-2H3. The van der Waals surface area contributed by atoms with Crippen LogP contribution in [0.1, 0.15) is 25.0 Å². The zero-order valence-corrected chi connectivity index (χ0v) is 16.1.